The molecule has 0 fully saturated rings. The summed E-state index contributed by atoms with van der Waals surface area (Å²) in [5, 5.41) is 9.90. The van der Waals surface area contributed by atoms with Crippen molar-refractivity contribution in [2.75, 3.05) is 19.9 Å². The topological polar surface area (TPSA) is 58.0 Å². The first kappa shape index (κ1) is 20.6. The molecule has 1 aromatic heterocycles. The Balaban J connectivity index is 1.86. The van der Waals surface area contributed by atoms with Gasteiger partial charge in [0.05, 0.1) is 6.04 Å². The van der Waals surface area contributed by atoms with Crippen LogP contribution >= 0.6 is 0 Å². The standard InChI is InChI=1S/C21H28FN3O2Si/c1-28(2,3)13-12-27-15-25-19(14-26)24-20(16-8-10-23-11-9-16)21(25)17-4-6-18(22)7-5-17/h4-11,20-21,26H,12-15H2,1-3H3. The molecule has 5 nitrogen and oxygen atoms in total. The van der Waals surface area contributed by atoms with Crippen LogP contribution in [-0.4, -0.2) is 48.8 Å². The lowest BCUT2D eigenvalue weighted by Crippen LogP contribution is -2.36. The van der Waals surface area contributed by atoms with Crippen LogP contribution in [0.4, 0.5) is 4.39 Å². The summed E-state index contributed by atoms with van der Waals surface area (Å²) in [4.78, 5) is 10.8. The molecule has 2 heterocycles. The summed E-state index contributed by atoms with van der Waals surface area (Å²) in [5.41, 5.74) is 1.93. The van der Waals surface area contributed by atoms with Crippen molar-refractivity contribution in [3.8, 4) is 0 Å². The van der Waals surface area contributed by atoms with Crippen molar-refractivity contribution in [1.29, 1.82) is 0 Å². The molecule has 1 aliphatic heterocycles. The number of pyridine rings is 1. The maximum Gasteiger partial charge on any atom is 0.128 e. The molecule has 0 saturated carbocycles. The molecular weight excluding hydrogens is 373 g/mol. The number of rotatable bonds is 8. The molecule has 0 amide bonds. The number of aliphatic hydroxyl groups is 1. The minimum Gasteiger partial charge on any atom is -0.388 e. The fourth-order valence-corrected chi connectivity index (χ4v) is 4.06. The van der Waals surface area contributed by atoms with Crippen LogP contribution in [0, 0.1) is 5.82 Å². The van der Waals surface area contributed by atoms with Crippen molar-refractivity contribution in [1.82, 2.24) is 9.88 Å². The third-order valence-electron chi connectivity index (χ3n) is 4.88. The van der Waals surface area contributed by atoms with Gasteiger partial charge in [-0.2, -0.15) is 0 Å². The summed E-state index contributed by atoms with van der Waals surface area (Å²) in [6.07, 6.45) is 3.47. The van der Waals surface area contributed by atoms with Crippen molar-refractivity contribution < 1.29 is 14.2 Å². The molecule has 0 spiro atoms. The predicted molar refractivity (Wildman–Crippen MR) is 111 cm³/mol. The lowest BCUT2D eigenvalue weighted by molar-refractivity contribution is 0.0520. The van der Waals surface area contributed by atoms with E-state index in [-0.39, 0.29) is 24.5 Å². The van der Waals surface area contributed by atoms with E-state index in [0.29, 0.717) is 19.2 Å². The number of aliphatic imine (C=N–C) groups is 1. The summed E-state index contributed by atoms with van der Waals surface area (Å²) >= 11 is 0. The summed E-state index contributed by atoms with van der Waals surface area (Å²) in [5.74, 6) is 0.313. The van der Waals surface area contributed by atoms with E-state index in [9.17, 15) is 9.50 Å². The lowest BCUT2D eigenvalue weighted by atomic mass is 9.94. The number of aromatic nitrogens is 1. The molecule has 1 aliphatic rings. The second-order valence-corrected chi connectivity index (χ2v) is 13.9. The lowest BCUT2D eigenvalue weighted by Gasteiger charge is -2.31. The first-order chi connectivity index (χ1) is 13.4. The van der Waals surface area contributed by atoms with Gasteiger partial charge in [-0.05, 0) is 41.4 Å². The number of nitrogens with zero attached hydrogens (tertiary/aromatic N) is 3. The van der Waals surface area contributed by atoms with E-state index in [2.05, 4.69) is 24.6 Å². The highest BCUT2D eigenvalue weighted by Gasteiger charge is 2.38. The Hall–Kier alpha value is -2.09. The van der Waals surface area contributed by atoms with Crippen LogP contribution in [0.3, 0.4) is 0 Å². The molecule has 2 unspecified atom stereocenters. The van der Waals surface area contributed by atoms with Gasteiger partial charge in [-0.15, -0.1) is 0 Å². The highest BCUT2D eigenvalue weighted by Crippen LogP contribution is 2.41. The highest BCUT2D eigenvalue weighted by atomic mass is 28.3. The fraction of sp³-hybridized carbons (Fsp3) is 0.429. The number of hydrogen-bond acceptors (Lipinski definition) is 5. The summed E-state index contributed by atoms with van der Waals surface area (Å²) in [6.45, 7) is 7.79. The van der Waals surface area contributed by atoms with Gasteiger partial charge in [-0.25, -0.2) is 4.39 Å². The molecule has 0 saturated heterocycles. The van der Waals surface area contributed by atoms with Crippen LogP contribution in [0.15, 0.2) is 53.8 Å². The van der Waals surface area contributed by atoms with Crippen LogP contribution in [0.25, 0.3) is 0 Å². The van der Waals surface area contributed by atoms with Crippen molar-refractivity contribution in [3.05, 3.63) is 65.7 Å². The maximum absolute atomic E-state index is 13.5. The largest absolute Gasteiger partial charge is 0.388 e. The molecule has 1 aromatic carbocycles. The van der Waals surface area contributed by atoms with Gasteiger partial charge < -0.3 is 14.7 Å². The third kappa shape index (κ3) is 5.04. The zero-order valence-electron chi connectivity index (χ0n) is 16.7. The molecule has 7 heteroatoms. The van der Waals surface area contributed by atoms with Gasteiger partial charge in [0.15, 0.2) is 0 Å². The van der Waals surface area contributed by atoms with Gasteiger partial charge in [0, 0.05) is 27.1 Å². The molecular formula is C21H28FN3O2Si. The maximum atomic E-state index is 13.5. The van der Waals surface area contributed by atoms with Crippen LogP contribution in [0.1, 0.15) is 23.2 Å². The average molecular weight is 402 g/mol. The van der Waals surface area contributed by atoms with Gasteiger partial charge in [-0.1, -0.05) is 31.8 Å². The van der Waals surface area contributed by atoms with Crippen molar-refractivity contribution >= 4 is 13.9 Å². The Morgan fingerprint density at radius 2 is 1.75 bits per heavy atom. The Bertz CT molecular complexity index is 794. The first-order valence-corrected chi connectivity index (χ1v) is 13.3. The monoisotopic (exact) mass is 401 g/mol. The minimum atomic E-state index is -1.18. The molecule has 3 rings (SSSR count). The van der Waals surface area contributed by atoms with Crippen molar-refractivity contribution in [2.45, 2.75) is 37.8 Å². The number of halogens is 1. The Morgan fingerprint density at radius 3 is 2.36 bits per heavy atom. The molecule has 28 heavy (non-hydrogen) atoms. The zero-order valence-corrected chi connectivity index (χ0v) is 17.7. The summed E-state index contributed by atoms with van der Waals surface area (Å²) < 4.78 is 19.5. The van der Waals surface area contributed by atoms with Gasteiger partial charge in [0.1, 0.15) is 31.0 Å². The van der Waals surface area contributed by atoms with E-state index in [1.807, 2.05) is 17.0 Å². The van der Waals surface area contributed by atoms with Gasteiger partial charge >= 0.3 is 0 Å². The SMILES string of the molecule is C[Si](C)(C)CCOCN1C(CO)=NC(c2ccncc2)C1c1ccc(F)cc1. The van der Waals surface area contributed by atoms with Gasteiger partial charge in [0.2, 0.25) is 0 Å². The summed E-state index contributed by atoms with van der Waals surface area (Å²) in [7, 11) is -1.18. The Morgan fingerprint density at radius 1 is 1.07 bits per heavy atom. The smallest absolute Gasteiger partial charge is 0.128 e. The van der Waals surface area contributed by atoms with E-state index >= 15 is 0 Å². The van der Waals surface area contributed by atoms with E-state index in [1.54, 1.807) is 24.5 Å². The number of aliphatic hydroxyl groups excluding tert-OH is 1. The van der Waals surface area contributed by atoms with Crippen molar-refractivity contribution in [2.24, 2.45) is 4.99 Å². The van der Waals surface area contributed by atoms with Crippen molar-refractivity contribution in [3.63, 3.8) is 0 Å². The molecule has 2 aromatic rings. The highest BCUT2D eigenvalue weighted by molar-refractivity contribution is 6.76. The van der Waals surface area contributed by atoms with Crippen LogP contribution < -0.4 is 0 Å². The van der Waals surface area contributed by atoms with Gasteiger partial charge in [0.25, 0.3) is 0 Å². The van der Waals surface area contributed by atoms with E-state index in [0.717, 1.165) is 17.2 Å². The van der Waals surface area contributed by atoms with E-state index in [4.69, 9.17) is 9.73 Å². The second kappa shape index (κ2) is 8.94. The van der Waals surface area contributed by atoms with Gasteiger partial charge in [-0.3, -0.25) is 9.98 Å². The Kier molecular flexibility index (Phi) is 6.59. The fourth-order valence-electron chi connectivity index (χ4n) is 3.30. The number of benzene rings is 1. The second-order valence-electron chi connectivity index (χ2n) is 8.24. The molecule has 0 bridgehead atoms. The normalized spacial score (nSPS) is 19.8. The molecule has 0 radical (unpaired) electrons. The molecule has 0 aliphatic carbocycles. The summed E-state index contributed by atoms with van der Waals surface area (Å²) in [6, 6.07) is 11.0. The first-order valence-electron chi connectivity index (χ1n) is 9.56. The van der Waals surface area contributed by atoms with Crippen LogP contribution in [0.5, 0.6) is 0 Å². The number of amidine groups is 1. The molecule has 1 N–H and O–H groups in total. The Labute approximate surface area is 166 Å². The van der Waals surface area contributed by atoms with E-state index in [1.165, 1.54) is 12.1 Å². The van der Waals surface area contributed by atoms with E-state index < -0.39 is 8.07 Å². The minimum absolute atomic E-state index is 0.169. The number of hydrogen-bond donors (Lipinski definition) is 1. The predicted octanol–water partition coefficient (Wildman–Crippen LogP) is 4.02. The van der Waals surface area contributed by atoms with Crippen LogP contribution in [-0.2, 0) is 4.74 Å². The molecule has 2 atom stereocenters. The molecule has 150 valence electrons. The quantitative estimate of drug-likeness (QED) is 0.536. The number of ether oxygens (including phenoxy) is 1. The zero-order chi connectivity index (χ0) is 20.1. The third-order valence-corrected chi connectivity index (χ3v) is 6.59. The average Bonchev–Trinajstić information content (AvgIpc) is 3.04. The van der Waals surface area contributed by atoms with Crippen LogP contribution in [0.2, 0.25) is 25.7 Å².